The fourth-order valence-corrected chi connectivity index (χ4v) is 2.31. The maximum Gasteiger partial charge on any atom is 0.130 e. The number of hydrogen-bond acceptors (Lipinski definition) is 3. The van der Waals surface area contributed by atoms with Crippen LogP contribution in [0, 0.1) is 0 Å². The average molecular weight is 272 g/mol. The predicted octanol–water partition coefficient (Wildman–Crippen LogP) is 4.04. The summed E-state index contributed by atoms with van der Waals surface area (Å²) in [5, 5.41) is 1.07. The van der Waals surface area contributed by atoms with Crippen molar-refractivity contribution < 1.29 is 4.74 Å². The molecule has 2 N–H and O–H groups in total. The number of hydrogen-bond donors (Lipinski definition) is 1. The summed E-state index contributed by atoms with van der Waals surface area (Å²) in [6.45, 7) is 3.44. The molecule has 0 saturated carbocycles. The second-order valence-electron chi connectivity index (χ2n) is 5.10. The van der Waals surface area contributed by atoms with Gasteiger partial charge in [0.25, 0.3) is 0 Å². The van der Waals surface area contributed by atoms with Gasteiger partial charge < -0.3 is 10.5 Å². The molecule has 0 saturated heterocycles. The molecule has 1 aromatic heterocycles. The summed E-state index contributed by atoms with van der Waals surface area (Å²) in [6.07, 6.45) is 6.23. The minimum absolute atomic E-state index is 0.442. The average Bonchev–Trinajstić information content (AvgIpc) is 2.50. The number of unbranched alkanes of at least 4 members (excludes halogenated alkanes) is 4. The van der Waals surface area contributed by atoms with Crippen molar-refractivity contribution >= 4 is 10.9 Å². The lowest BCUT2D eigenvalue weighted by atomic mass is 10.1. The summed E-state index contributed by atoms with van der Waals surface area (Å²) >= 11 is 0. The van der Waals surface area contributed by atoms with Gasteiger partial charge in [-0.1, -0.05) is 44.7 Å². The van der Waals surface area contributed by atoms with Crippen molar-refractivity contribution in [1.82, 2.24) is 4.98 Å². The molecule has 1 aromatic carbocycles. The van der Waals surface area contributed by atoms with E-state index >= 15 is 0 Å². The number of benzene rings is 1. The Labute approximate surface area is 121 Å². The highest BCUT2D eigenvalue weighted by atomic mass is 16.5. The summed E-state index contributed by atoms with van der Waals surface area (Å²) in [6, 6.07) is 10.0. The van der Waals surface area contributed by atoms with Gasteiger partial charge in [0.1, 0.15) is 5.75 Å². The molecule has 0 atom stereocenters. The Morgan fingerprint density at radius 2 is 1.90 bits per heavy atom. The van der Waals surface area contributed by atoms with E-state index in [9.17, 15) is 0 Å². The molecule has 2 aromatic rings. The van der Waals surface area contributed by atoms with Crippen molar-refractivity contribution in [3.05, 3.63) is 36.0 Å². The van der Waals surface area contributed by atoms with E-state index < -0.39 is 0 Å². The van der Waals surface area contributed by atoms with Crippen molar-refractivity contribution in [2.24, 2.45) is 5.73 Å². The molecule has 0 bridgehead atoms. The summed E-state index contributed by atoms with van der Waals surface area (Å²) < 4.78 is 5.95. The fraction of sp³-hybridized carbons (Fsp3) is 0.471. The SMILES string of the molecule is CCCCCCCOc1cc(CN)nc2ccccc12. The molecule has 3 heteroatoms. The van der Waals surface area contributed by atoms with Crippen molar-refractivity contribution in [3.63, 3.8) is 0 Å². The molecule has 20 heavy (non-hydrogen) atoms. The van der Waals surface area contributed by atoms with Gasteiger partial charge in [0.05, 0.1) is 17.8 Å². The second-order valence-corrected chi connectivity index (χ2v) is 5.10. The van der Waals surface area contributed by atoms with E-state index in [0.29, 0.717) is 6.54 Å². The lowest BCUT2D eigenvalue weighted by molar-refractivity contribution is 0.307. The highest BCUT2D eigenvalue weighted by molar-refractivity contribution is 5.85. The number of fused-ring (bicyclic) bond motifs is 1. The molecule has 0 spiro atoms. The Bertz CT molecular complexity index is 540. The summed E-state index contributed by atoms with van der Waals surface area (Å²) in [4.78, 5) is 4.52. The van der Waals surface area contributed by atoms with E-state index in [2.05, 4.69) is 18.0 Å². The first-order valence-corrected chi connectivity index (χ1v) is 7.56. The van der Waals surface area contributed by atoms with Gasteiger partial charge in [-0.25, -0.2) is 0 Å². The van der Waals surface area contributed by atoms with E-state index in [4.69, 9.17) is 10.5 Å². The standard InChI is InChI=1S/C17H24N2O/c1-2-3-4-5-8-11-20-17-12-14(13-18)19-16-10-7-6-9-15(16)17/h6-7,9-10,12H,2-5,8,11,13,18H2,1H3. The van der Waals surface area contributed by atoms with Crippen LogP contribution in [0.15, 0.2) is 30.3 Å². The number of rotatable bonds is 8. The van der Waals surface area contributed by atoms with Gasteiger partial charge in [0.2, 0.25) is 0 Å². The molecular formula is C17H24N2O. The van der Waals surface area contributed by atoms with Crippen LogP contribution in [0.3, 0.4) is 0 Å². The molecule has 3 nitrogen and oxygen atoms in total. The van der Waals surface area contributed by atoms with Crippen LogP contribution in [-0.2, 0) is 6.54 Å². The first-order chi connectivity index (χ1) is 9.85. The highest BCUT2D eigenvalue weighted by Gasteiger charge is 2.05. The van der Waals surface area contributed by atoms with Crippen LogP contribution in [0.1, 0.15) is 44.7 Å². The normalized spacial score (nSPS) is 10.9. The first kappa shape index (κ1) is 14.8. The number of para-hydroxylation sites is 1. The minimum atomic E-state index is 0.442. The van der Waals surface area contributed by atoms with E-state index in [1.807, 2.05) is 24.3 Å². The lowest BCUT2D eigenvalue weighted by Crippen LogP contribution is -2.03. The zero-order valence-electron chi connectivity index (χ0n) is 12.3. The third-order valence-electron chi connectivity index (χ3n) is 3.45. The van der Waals surface area contributed by atoms with Crippen molar-refractivity contribution in [1.29, 1.82) is 0 Å². The molecule has 108 valence electrons. The van der Waals surface area contributed by atoms with Crippen LogP contribution >= 0.6 is 0 Å². The van der Waals surface area contributed by atoms with Crippen molar-refractivity contribution in [2.75, 3.05) is 6.61 Å². The number of ether oxygens (including phenoxy) is 1. The topological polar surface area (TPSA) is 48.1 Å². The minimum Gasteiger partial charge on any atom is -0.493 e. The largest absolute Gasteiger partial charge is 0.493 e. The molecule has 0 aliphatic carbocycles. The maximum absolute atomic E-state index is 5.95. The van der Waals surface area contributed by atoms with E-state index in [0.717, 1.165) is 35.4 Å². The zero-order chi connectivity index (χ0) is 14.2. The summed E-state index contributed by atoms with van der Waals surface area (Å²) in [7, 11) is 0. The Balaban J connectivity index is 2.01. The maximum atomic E-state index is 5.95. The van der Waals surface area contributed by atoms with Crippen LogP contribution in [-0.4, -0.2) is 11.6 Å². The third-order valence-corrected chi connectivity index (χ3v) is 3.45. The smallest absolute Gasteiger partial charge is 0.130 e. The zero-order valence-corrected chi connectivity index (χ0v) is 12.3. The first-order valence-electron chi connectivity index (χ1n) is 7.56. The Hall–Kier alpha value is -1.61. The summed E-state index contributed by atoms with van der Waals surface area (Å²) in [5.41, 5.74) is 7.54. The van der Waals surface area contributed by atoms with Gasteiger partial charge >= 0.3 is 0 Å². The molecule has 0 aliphatic rings. The van der Waals surface area contributed by atoms with Gasteiger partial charge in [0.15, 0.2) is 0 Å². The lowest BCUT2D eigenvalue weighted by Gasteiger charge is -2.10. The van der Waals surface area contributed by atoms with Crippen LogP contribution in [0.4, 0.5) is 0 Å². The third kappa shape index (κ3) is 3.94. The molecule has 0 amide bonds. The number of pyridine rings is 1. The van der Waals surface area contributed by atoms with Crippen molar-refractivity contribution in [2.45, 2.75) is 45.6 Å². The van der Waals surface area contributed by atoms with E-state index in [1.54, 1.807) is 0 Å². The van der Waals surface area contributed by atoms with Crippen LogP contribution in [0.25, 0.3) is 10.9 Å². The number of nitrogens with two attached hydrogens (primary N) is 1. The Kier molecular flexibility index (Phi) is 5.81. The van der Waals surface area contributed by atoms with Gasteiger partial charge in [-0.15, -0.1) is 0 Å². The molecule has 1 heterocycles. The van der Waals surface area contributed by atoms with E-state index in [1.165, 1.54) is 25.7 Å². The molecule has 0 fully saturated rings. The van der Waals surface area contributed by atoms with Crippen LogP contribution < -0.4 is 10.5 Å². The van der Waals surface area contributed by atoms with Crippen molar-refractivity contribution in [3.8, 4) is 5.75 Å². The molecular weight excluding hydrogens is 248 g/mol. The van der Waals surface area contributed by atoms with Crippen LogP contribution in [0.2, 0.25) is 0 Å². The van der Waals surface area contributed by atoms with E-state index in [-0.39, 0.29) is 0 Å². The molecule has 0 unspecified atom stereocenters. The Morgan fingerprint density at radius 3 is 2.70 bits per heavy atom. The monoisotopic (exact) mass is 272 g/mol. The second kappa shape index (κ2) is 7.85. The number of nitrogens with zero attached hydrogens (tertiary/aromatic N) is 1. The highest BCUT2D eigenvalue weighted by Crippen LogP contribution is 2.25. The molecule has 0 radical (unpaired) electrons. The van der Waals surface area contributed by atoms with Gasteiger partial charge in [-0.2, -0.15) is 0 Å². The molecule has 2 rings (SSSR count). The summed E-state index contributed by atoms with van der Waals surface area (Å²) in [5.74, 6) is 0.909. The molecule has 0 aliphatic heterocycles. The van der Waals surface area contributed by atoms with Gasteiger partial charge in [-0.05, 0) is 18.6 Å². The number of aromatic nitrogens is 1. The predicted molar refractivity (Wildman–Crippen MR) is 83.9 cm³/mol. The van der Waals surface area contributed by atoms with Gasteiger partial charge in [-0.3, -0.25) is 4.98 Å². The fourth-order valence-electron chi connectivity index (χ4n) is 2.31. The van der Waals surface area contributed by atoms with Gasteiger partial charge in [0, 0.05) is 18.0 Å². The van der Waals surface area contributed by atoms with Crippen LogP contribution in [0.5, 0.6) is 5.75 Å². The quantitative estimate of drug-likeness (QED) is 0.738. The Morgan fingerprint density at radius 1 is 1.10 bits per heavy atom.